The Morgan fingerprint density at radius 1 is 1.40 bits per heavy atom. The number of hydrogen-bond acceptors (Lipinski definition) is 5. The van der Waals surface area contributed by atoms with Crippen LogP contribution in [0.15, 0.2) is 64.1 Å². The highest BCUT2D eigenvalue weighted by Gasteiger charge is 2.24. The largest absolute Gasteiger partial charge is 0.372 e. The molecule has 0 amide bonds. The van der Waals surface area contributed by atoms with Gasteiger partial charge in [0, 0.05) is 36.1 Å². The van der Waals surface area contributed by atoms with Gasteiger partial charge in [-0.05, 0) is 45.3 Å². The third-order valence-electron chi connectivity index (χ3n) is 5.79. The Balaban J connectivity index is 1.81. The number of carbonyl (C=O) groups excluding carboxylic acids is 1. The summed E-state index contributed by atoms with van der Waals surface area (Å²) >= 11 is 0. The van der Waals surface area contributed by atoms with Gasteiger partial charge in [0.15, 0.2) is 5.78 Å². The van der Waals surface area contributed by atoms with Crippen molar-refractivity contribution in [1.82, 2.24) is 9.80 Å². The van der Waals surface area contributed by atoms with Crippen molar-refractivity contribution in [3.63, 3.8) is 0 Å². The number of nitrogens with zero attached hydrogens (tertiary/aromatic N) is 3. The Kier molecular flexibility index (Phi) is 6.59. The molecule has 0 aliphatic carbocycles. The quantitative estimate of drug-likeness (QED) is 0.603. The van der Waals surface area contributed by atoms with E-state index in [4.69, 9.17) is 12.2 Å². The molecule has 0 spiro atoms. The molecule has 1 unspecified atom stereocenters. The van der Waals surface area contributed by atoms with Gasteiger partial charge >= 0.3 is 0 Å². The summed E-state index contributed by atoms with van der Waals surface area (Å²) in [7, 11) is 0. The normalized spacial score (nSPS) is 20.2. The van der Waals surface area contributed by atoms with Crippen LogP contribution in [0.5, 0.6) is 0 Å². The zero-order chi connectivity index (χ0) is 21.8. The minimum Gasteiger partial charge on any atom is -0.372 e. The Bertz CT molecular complexity index is 993. The molecule has 0 saturated carbocycles. The SMILES string of the molecule is C#C/C(C1=C(C)C(=C)N(CC(=O)c2cccc(C)c2)C=N1)=C(/C)N1CCCC(N)C1. The molecule has 2 aliphatic heterocycles. The van der Waals surface area contributed by atoms with E-state index in [1.165, 1.54) is 0 Å². The molecule has 5 heteroatoms. The maximum atomic E-state index is 12.7. The smallest absolute Gasteiger partial charge is 0.182 e. The van der Waals surface area contributed by atoms with Crippen molar-refractivity contribution >= 4 is 12.1 Å². The fourth-order valence-corrected chi connectivity index (χ4v) is 3.92. The van der Waals surface area contributed by atoms with Crippen LogP contribution in [-0.4, -0.2) is 47.6 Å². The number of allylic oxidation sites excluding steroid dienone is 3. The lowest BCUT2D eigenvalue weighted by atomic mass is 10.00. The van der Waals surface area contributed by atoms with Crippen molar-refractivity contribution in [2.24, 2.45) is 10.7 Å². The molecule has 1 aromatic carbocycles. The van der Waals surface area contributed by atoms with Crippen LogP contribution in [0.1, 0.15) is 42.6 Å². The van der Waals surface area contributed by atoms with Crippen LogP contribution in [0, 0.1) is 19.3 Å². The van der Waals surface area contributed by atoms with E-state index >= 15 is 0 Å². The number of nitrogens with two attached hydrogens (primary N) is 1. The highest BCUT2D eigenvalue weighted by atomic mass is 16.1. The molecule has 0 bridgehead atoms. The first-order valence-electron chi connectivity index (χ1n) is 10.3. The standard InChI is InChI=1S/C25H30N4O/c1-6-23(20(5)28-12-8-11-22(26)14-28)25-18(3)19(4)29(16-27-25)15-24(30)21-10-7-9-17(2)13-21/h1,7,9-10,13,16,22H,4,8,11-12,14-15,26H2,2-3,5H3/b23-20+. The summed E-state index contributed by atoms with van der Waals surface area (Å²) in [4.78, 5) is 21.4. The second kappa shape index (κ2) is 9.15. The fraction of sp³-hybridized carbons (Fsp3) is 0.360. The zero-order valence-corrected chi connectivity index (χ0v) is 18.1. The molecule has 1 atom stereocenters. The molecule has 3 rings (SSSR count). The van der Waals surface area contributed by atoms with Gasteiger partial charge in [-0.25, -0.2) is 4.99 Å². The van der Waals surface area contributed by atoms with Gasteiger partial charge in [0.05, 0.1) is 24.2 Å². The summed E-state index contributed by atoms with van der Waals surface area (Å²) < 4.78 is 0. The Hall–Kier alpha value is -3.10. The summed E-state index contributed by atoms with van der Waals surface area (Å²) in [6.07, 6.45) is 9.64. The van der Waals surface area contributed by atoms with E-state index < -0.39 is 0 Å². The third-order valence-corrected chi connectivity index (χ3v) is 5.79. The molecule has 0 aromatic heterocycles. The first-order valence-corrected chi connectivity index (χ1v) is 10.3. The molecule has 1 aromatic rings. The van der Waals surface area contributed by atoms with E-state index in [9.17, 15) is 4.79 Å². The minimum absolute atomic E-state index is 0.0220. The van der Waals surface area contributed by atoms with Crippen molar-refractivity contribution in [1.29, 1.82) is 0 Å². The van der Waals surface area contributed by atoms with Crippen molar-refractivity contribution in [3.8, 4) is 12.3 Å². The maximum absolute atomic E-state index is 12.7. The number of aryl methyl sites for hydroxylation is 1. The van der Waals surface area contributed by atoms with Gasteiger partial charge in [-0.15, -0.1) is 6.42 Å². The number of aliphatic imine (C=N–C) groups is 1. The van der Waals surface area contributed by atoms with Crippen LogP contribution in [0.25, 0.3) is 0 Å². The van der Waals surface area contributed by atoms with Gasteiger partial charge < -0.3 is 15.5 Å². The van der Waals surface area contributed by atoms with Crippen LogP contribution in [0.2, 0.25) is 0 Å². The van der Waals surface area contributed by atoms with E-state index in [-0.39, 0.29) is 18.4 Å². The number of ketones is 1. The fourth-order valence-electron chi connectivity index (χ4n) is 3.92. The number of likely N-dealkylation sites (tertiary alicyclic amines) is 1. The Labute approximate surface area is 179 Å². The van der Waals surface area contributed by atoms with Crippen molar-refractivity contribution in [2.75, 3.05) is 19.6 Å². The Morgan fingerprint density at radius 3 is 2.83 bits per heavy atom. The predicted octanol–water partition coefficient (Wildman–Crippen LogP) is 3.64. The second-order valence-electron chi connectivity index (χ2n) is 8.04. The lowest BCUT2D eigenvalue weighted by Crippen LogP contribution is -2.42. The third kappa shape index (κ3) is 4.55. The van der Waals surface area contributed by atoms with Gasteiger partial charge in [-0.2, -0.15) is 0 Å². The molecule has 1 fully saturated rings. The molecule has 0 radical (unpaired) electrons. The van der Waals surface area contributed by atoms with E-state index in [0.717, 1.165) is 59.7 Å². The molecule has 156 valence electrons. The first kappa shape index (κ1) is 21.6. The van der Waals surface area contributed by atoms with Gasteiger partial charge in [0.1, 0.15) is 0 Å². The first-order chi connectivity index (χ1) is 14.3. The number of piperidine rings is 1. The average Bonchev–Trinajstić information content (AvgIpc) is 2.73. The summed E-state index contributed by atoms with van der Waals surface area (Å²) in [6.45, 7) is 12.1. The van der Waals surface area contributed by atoms with Crippen molar-refractivity contribution < 1.29 is 4.79 Å². The summed E-state index contributed by atoms with van der Waals surface area (Å²) in [5, 5.41) is 0. The number of carbonyl (C=O) groups is 1. The molecule has 2 aliphatic rings. The summed E-state index contributed by atoms with van der Waals surface area (Å²) in [5.74, 6) is 2.84. The number of benzene rings is 1. The van der Waals surface area contributed by atoms with E-state index in [2.05, 4.69) is 22.4 Å². The highest BCUT2D eigenvalue weighted by molar-refractivity contribution is 5.99. The molecule has 2 N–H and O–H groups in total. The molecular formula is C25H30N4O. The molecule has 5 nitrogen and oxygen atoms in total. The Morgan fingerprint density at radius 2 is 2.17 bits per heavy atom. The van der Waals surface area contributed by atoms with E-state index in [1.54, 1.807) is 11.2 Å². The van der Waals surface area contributed by atoms with Gasteiger partial charge in [-0.1, -0.05) is 36.3 Å². The van der Waals surface area contributed by atoms with Gasteiger partial charge in [0.25, 0.3) is 0 Å². The predicted molar refractivity (Wildman–Crippen MR) is 123 cm³/mol. The molecule has 30 heavy (non-hydrogen) atoms. The van der Waals surface area contributed by atoms with Gasteiger partial charge in [-0.3, -0.25) is 4.79 Å². The number of hydrogen-bond donors (Lipinski definition) is 1. The van der Waals surface area contributed by atoms with Crippen LogP contribution in [0.3, 0.4) is 0 Å². The second-order valence-corrected chi connectivity index (χ2v) is 8.04. The minimum atomic E-state index is 0.0220. The van der Waals surface area contributed by atoms with Crippen LogP contribution >= 0.6 is 0 Å². The highest BCUT2D eigenvalue weighted by Crippen LogP contribution is 2.30. The number of Topliss-reactive ketones (excluding diaryl/α,β-unsaturated/α-hetero) is 1. The monoisotopic (exact) mass is 402 g/mol. The van der Waals surface area contributed by atoms with E-state index in [0.29, 0.717) is 5.56 Å². The zero-order valence-electron chi connectivity index (χ0n) is 18.1. The van der Waals surface area contributed by atoms with Crippen molar-refractivity contribution in [3.05, 3.63) is 70.2 Å². The van der Waals surface area contributed by atoms with Crippen LogP contribution in [-0.2, 0) is 0 Å². The number of terminal acetylenes is 1. The van der Waals surface area contributed by atoms with Crippen LogP contribution in [0.4, 0.5) is 0 Å². The molecule has 2 heterocycles. The topological polar surface area (TPSA) is 61.9 Å². The number of rotatable bonds is 5. The summed E-state index contributed by atoms with van der Waals surface area (Å²) in [5.41, 5.74) is 12.0. The van der Waals surface area contributed by atoms with Gasteiger partial charge in [0.2, 0.25) is 0 Å². The van der Waals surface area contributed by atoms with E-state index in [1.807, 2.05) is 45.0 Å². The summed E-state index contributed by atoms with van der Waals surface area (Å²) in [6, 6.07) is 7.76. The van der Waals surface area contributed by atoms with Crippen molar-refractivity contribution in [2.45, 2.75) is 39.7 Å². The lowest BCUT2D eigenvalue weighted by molar-refractivity contribution is 0.0973. The molecule has 1 saturated heterocycles. The lowest BCUT2D eigenvalue weighted by Gasteiger charge is -2.34. The van der Waals surface area contributed by atoms with Crippen LogP contribution < -0.4 is 5.73 Å². The molecular weight excluding hydrogens is 372 g/mol. The maximum Gasteiger partial charge on any atom is 0.182 e. The average molecular weight is 403 g/mol.